The molecule has 0 aliphatic carbocycles. The van der Waals surface area contributed by atoms with E-state index in [0.29, 0.717) is 60.5 Å². The highest BCUT2D eigenvalue weighted by molar-refractivity contribution is 6.38. The van der Waals surface area contributed by atoms with E-state index in [-0.39, 0.29) is 17.9 Å². The number of amides is 2. The Kier molecular flexibility index (Phi) is 10.8. The van der Waals surface area contributed by atoms with E-state index in [4.69, 9.17) is 37.9 Å². The molecule has 2 aromatic carbocycles. The second-order valence-electron chi connectivity index (χ2n) is 13.1. The minimum atomic E-state index is 0.104. The summed E-state index contributed by atoms with van der Waals surface area (Å²) in [5, 5.41) is 12.1. The van der Waals surface area contributed by atoms with E-state index in [1.54, 1.807) is 7.11 Å². The number of hydrogen-bond donors (Lipinski definition) is 4. The van der Waals surface area contributed by atoms with Gasteiger partial charge in [-0.15, -0.1) is 0 Å². The predicted octanol–water partition coefficient (Wildman–Crippen LogP) is 6.28. The summed E-state index contributed by atoms with van der Waals surface area (Å²) in [5.74, 6) is 0.871. The Morgan fingerprint density at radius 3 is 2.47 bits per heavy atom. The molecule has 2 aliphatic heterocycles. The van der Waals surface area contributed by atoms with Crippen molar-refractivity contribution in [3.63, 3.8) is 0 Å². The summed E-state index contributed by atoms with van der Waals surface area (Å²) in [6.07, 6.45) is 5.59. The number of aromatic nitrogens is 3. The monoisotopic (exact) mass is 725 g/mol. The van der Waals surface area contributed by atoms with Crippen molar-refractivity contribution in [1.29, 1.82) is 0 Å². The number of hydrogen-bond acceptors (Lipinski definition) is 7. The van der Waals surface area contributed by atoms with Crippen molar-refractivity contribution in [2.24, 2.45) is 0 Å². The number of carbonyl (C=O) groups is 2. The third kappa shape index (κ3) is 7.89. The molecule has 0 spiro atoms. The lowest BCUT2D eigenvalue weighted by molar-refractivity contribution is -0.127. The van der Waals surface area contributed by atoms with Gasteiger partial charge in [0.05, 0.1) is 22.8 Å². The van der Waals surface area contributed by atoms with Crippen molar-refractivity contribution in [2.45, 2.75) is 51.2 Å². The molecule has 5 aromatic rings. The normalized spacial score (nSPS) is 16.0. The number of nitrogens with zero attached hydrogens (tertiary/aromatic N) is 3. The molecule has 5 heterocycles. The average Bonchev–Trinajstić information content (AvgIpc) is 3.87. The number of rotatable bonds is 14. The summed E-state index contributed by atoms with van der Waals surface area (Å²) in [6.45, 7) is 4.29. The van der Waals surface area contributed by atoms with Gasteiger partial charge in [0.1, 0.15) is 5.65 Å². The van der Waals surface area contributed by atoms with Gasteiger partial charge >= 0.3 is 0 Å². The minimum Gasteiger partial charge on any atom is -0.481 e. The Balaban J connectivity index is 1.03. The topological polar surface area (TPSA) is 124 Å². The Morgan fingerprint density at radius 2 is 1.69 bits per heavy atom. The van der Waals surface area contributed by atoms with Gasteiger partial charge in [0, 0.05) is 104 Å². The van der Waals surface area contributed by atoms with Gasteiger partial charge in [0.15, 0.2) is 0 Å². The number of ether oxygens (including phenoxy) is 1. The van der Waals surface area contributed by atoms with Crippen molar-refractivity contribution >= 4 is 46.0 Å². The maximum Gasteiger partial charge on any atom is 0.222 e. The number of fused-ring (bicyclic) bond motifs is 1. The van der Waals surface area contributed by atoms with Gasteiger partial charge < -0.3 is 30.6 Å². The number of carbonyl (C=O) groups excluding carboxylic acids is 2. The molecule has 12 heteroatoms. The van der Waals surface area contributed by atoms with Crippen LogP contribution in [0.3, 0.4) is 0 Å². The molecule has 4 N–H and O–H groups in total. The second kappa shape index (κ2) is 15.8. The van der Waals surface area contributed by atoms with Crippen molar-refractivity contribution < 1.29 is 14.3 Å². The van der Waals surface area contributed by atoms with Gasteiger partial charge in [-0.2, -0.15) is 0 Å². The van der Waals surface area contributed by atoms with Crippen LogP contribution >= 0.6 is 23.2 Å². The highest BCUT2D eigenvalue weighted by Gasteiger charge is 2.22. The van der Waals surface area contributed by atoms with Gasteiger partial charge in [-0.05, 0) is 42.2 Å². The van der Waals surface area contributed by atoms with Crippen LogP contribution in [0.2, 0.25) is 10.0 Å². The van der Waals surface area contributed by atoms with Crippen LogP contribution in [-0.4, -0.2) is 71.0 Å². The van der Waals surface area contributed by atoms with Crippen LogP contribution in [0.25, 0.3) is 33.4 Å². The third-order valence-electron chi connectivity index (χ3n) is 9.67. The Bertz CT molecular complexity index is 2070. The molecule has 2 saturated heterocycles. The van der Waals surface area contributed by atoms with E-state index in [9.17, 15) is 9.59 Å². The number of likely N-dealkylation sites (tertiary alicyclic amines) is 1. The molecule has 7 rings (SSSR count). The summed E-state index contributed by atoms with van der Waals surface area (Å²) in [6, 6.07) is 20.1. The number of benzene rings is 2. The molecule has 2 amide bonds. The molecule has 0 unspecified atom stereocenters. The Hall–Kier alpha value is -4.48. The van der Waals surface area contributed by atoms with Crippen LogP contribution in [0, 0.1) is 0 Å². The lowest BCUT2D eigenvalue weighted by Gasteiger charge is -2.15. The largest absolute Gasteiger partial charge is 0.481 e. The fourth-order valence-electron chi connectivity index (χ4n) is 6.92. The second-order valence-corrected chi connectivity index (χ2v) is 13.9. The maximum atomic E-state index is 11.9. The molecular formula is C39H41Cl2N7O3. The summed E-state index contributed by atoms with van der Waals surface area (Å²) in [5.41, 5.74) is 7.83. The van der Waals surface area contributed by atoms with Crippen molar-refractivity contribution in [2.75, 3.05) is 33.3 Å². The molecule has 51 heavy (non-hydrogen) atoms. The van der Waals surface area contributed by atoms with Crippen LogP contribution in [0.4, 0.5) is 0 Å². The summed E-state index contributed by atoms with van der Waals surface area (Å²) in [7, 11) is 1.61. The molecule has 3 aromatic heterocycles. The smallest absolute Gasteiger partial charge is 0.222 e. The number of pyridine rings is 2. The molecule has 264 valence electrons. The van der Waals surface area contributed by atoms with E-state index in [1.165, 1.54) is 0 Å². The molecular weight excluding hydrogens is 685 g/mol. The van der Waals surface area contributed by atoms with Gasteiger partial charge in [0.25, 0.3) is 0 Å². The molecule has 10 nitrogen and oxygen atoms in total. The van der Waals surface area contributed by atoms with E-state index >= 15 is 0 Å². The zero-order chi connectivity index (χ0) is 35.3. The zero-order valence-corrected chi connectivity index (χ0v) is 30.0. The maximum absolute atomic E-state index is 11.9. The predicted molar refractivity (Wildman–Crippen MR) is 201 cm³/mol. The highest BCUT2D eigenvalue weighted by Crippen LogP contribution is 2.40. The summed E-state index contributed by atoms with van der Waals surface area (Å²) in [4.78, 5) is 38.3. The number of aromatic amines is 1. The van der Waals surface area contributed by atoms with Gasteiger partial charge in [0.2, 0.25) is 17.7 Å². The fraction of sp³-hybridized carbons (Fsp3) is 0.333. The number of H-pyrrole nitrogens is 1. The van der Waals surface area contributed by atoms with Gasteiger partial charge in [-0.1, -0.05) is 65.7 Å². The number of halogens is 2. The first-order valence-corrected chi connectivity index (χ1v) is 18.2. The van der Waals surface area contributed by atoms with Crippen molar-refractivity contribution in [3.05, 3.63) is 99.3 Å². The van der Waals surface area contributed by atoms with Crippen molar-refractivity contribution in [3.8, 4) is 28.3 Å². The van der Waals surface area contributed by atoms with Crippen LogP contribution in [0.15, 0.2) is 66.9 Å². The van der Waals surface area contributed by atoms with E-state index in [2.05, 4.69) is 27.0 Å². The van der Waals surface area contributed by atoms with Gasteiger partial charge in [-0.3, -0.25) is 9.59 Å². The van der Waals surface area contributed by atoms with E-state index in [1.807, 2.05) is 65.7 Å². The summed E-state index contributed by atoms with van der Waals surface area (Å²) < 4.78 is 5.66. The highest BCUT2D eigenvalue weighted by atomic mass is 35.5. The SMILES string of the molecule is COc1nc(-c2cccc(-c3cccc(Cc4ccc5c(CNCCN6CCCC6=O)c[nH]c5n4)c3Cl)c2Cl)ccc1CNC[C@@H]1CCC(=O)N1. The Morgan fingerprint density at radius 1 is 0.882 bits per heavy atom. The lowest BCUT2D eigenvalue weighted by Crippen LogP contribution is -2.35. The first-order valence-electron chi connectivity index (χ1n) is 17.4. The van der Waals surface area contributed by atoms with Crippen LogP contribution < -0.4 is 20.7 Å². The molecule has 0 saturated carbocycles. The third-order valence-corrected chi connectivity index (χ3v) is 10.5. The minimum absolute atomic E-state index is 0.104. The van der Waals surface area contributed by atoms with E-state index in [0.717, 1.165) is 82.6 Å². The van der Waals surface area contributed by atoms with E-state index < -0.39 is 0 Å². The van der Waals surface area contributed by atoms with Crippen LogP contribution in [0.1, 0.15) is 48.1 Å². The fourth-order valence-corrected chi connectivity index (χ4v) is 7.54. The van der Waals surface area contributed by atoms with Crippen LogP contribution in [0.5, 0.6) is 5.88 Å². The molecule has 1 atom stereocenters. The summed E-state index contributed by atoms with van der Waals surface area (Å²) >= 11 is 14.2. The first-order chi connectivity index (χ1) is 24.9. The first kappa shape index (κ1) is 34.9. The van der Waals surface area contributed by atoms with Gasteiger partial charge in [-0.25, -0.2) is 9.97 Å². The molecule has 2 fully saturated rings. The zero-order valence-electron chi connectivity index (χ0n) is 28.5. The molecule has 2 aliphatic rings. The Labute approximate surface area is 307 Å². The van der Waals surface area contributed by atoms with Crippen LogP contribution in [-0.2, 0) is 29.1 Å². The quantitative estimate of drug-likeness (QED) is 0.0995. The standard InChI is InChI=1S/C39H41Cl2N7O3/c1-51-39-25(20-43-23-28-12-15-34(49)45-28)10-14-33(47-39)32-8-3-7-31(37(32)41)30-6-2-5-24(36(30)40)19-27-11-13-29-26(22-44-38(29)46-27)21-42-16-18-48-17-4-9-35(48)50/h2-3,5-8,10-11,13-14,22,28,42-43H,4,9,12,15-21,23H2,1H3,(H,44,46)(H,45,49)/t28-/m0/s1. The van der Waals surface area contributed by atoms with Crippen molar-refractivity contribution in [1.82, 2.24) is 35.8 Å². The molecule has 0 radical (unpaired) electrons. The lowest BCUT2D eigenvalue weighted by atomic mass is 9.97. The average molecular weight is 727 g/mol. The molecule has 0 bridgehead atoms. The number of nitrogens with one attached hydrogen (secondary N) is 4. The number of methoxy groups -OCH3 is 1.